The second-order valence-electron chi connectivity index (χ2n) is 6.42. The van der Waals surface area contributed by atoms with Crippen molar-refractivity contribution in [2.24, 2.45) is 0 Å². The number of pyridine rings is 2. The Hall–Kier alpha value is -2.96. The Bertz CT molecular complexity index is 868. The number of carbonyl (C=O) groups excluding carboxylic acids is 1. The molecule has 1 N–H and O–H groups in total. The minimum absolute atomic E-state index is 0.0668. The van der Waals surface area contributed by atoms with Crippen LogP contribution >= 0.6 is 0 Å². The maximum atomic E-state index is 12.7. The second-order valence-corrected chi connectivity index (χ2v) is 6.42. The van der Waals surface area contributed by atoms with E-state index in [4.69, 9.17) is 0 Å². The normalized spacial score (nSPS) is 14.4. The molecule has 0 bridgehead atoms. The van der Waals surface area contributed by atoms with Gasteiger partial charge in [0.15, 0.2) is 0 Å². The molecule has 1 aliphatic rings. The fourth-order valence-corrected chi connectivity index (χ4v) is 2.82. The number of likely N-dealkylation sites (tertiary alicyclic amines) is 1. The van der Waals surface area contributed by atoms with E-state index < -0.39 is 17.3 Å². The molecule has 3 heterocycles. The highest BCUT2D eigenvalue weighted by molar-refractivity contribution is 5.97. The lowest BCUT2D eigenvalue weighted by Crippen LogP contribution is -2.50. The van der Waals surface area contributed by atoms with Gasteiger partial charge in [-0.15, -0.1) is 0 Å². The number of amides is 1. The van der Waals surface area contributed by atoms with Crippen molar-refractivity contribution in [3.8, 4) is 0 Å². The third kappa shape index (κ3) is 3.17. The van der Waals surface area contributed by atoms with E-state index in [1.54, 1.807) is 15.7 Å². The SMILES string of the molecule is CC(C)n1cc(C(=O)O)c(=O)c(C(=O)N2CC(c3ccccn3)C2)c1. The Kier molecular flexibility index (Phi) is 4.39. The van der Waals surface area contributed by atoms with Crippen molar-refractivity contribution in [1.82, 2.24) is 14.5 Å². The van der Waals surface area contributed by atoms with Gasteiger partial charge in [-0.3, -0.25) is 14.6 Å². The van der Waals surface area contributed by atoms with E-state index in [0.717, 1.165) is 5.69 Å². The Morgan fingerprint density at radius 3 is 2.44 bits per heavy atom. The van der Waals surface area contributed by atoms with E-state index in [1.807, 2.05) is 32.0 Å². The number of aromatic carboxylic acids is 1. The molecule has 1 fully saturated rings. The number of rotatable bonds is 4. The molecule has 2 aromatic heterocycles. The molecule has 0 aromatic carbocycles. The Labute approximate surface area is 144 Å². The number of hydrogen-bond acceptors (Lipinski definition) is 4. The van der Waals surface area contributed by atoms with Crippen LogP contribution < -0.4 is 5.43 Å². The maximum absolute atomic E-state index is 12.7. The molecular weight excluding hydrogens is 322 g/mol. The van der Waals surface area contributed by atoms with Crippen LogP contribution in [0.5, 0.6) is 0 Å². The number of carbonyl (C=O) groups is 2. The van der Waals surface area contributed by atoms with Crippen LogP contribution in [0, 0.1) is 0 Å². The molecule has 0 radical (unpaired) electrons. The van der Waals surface area contributed by atoms with Gasteiger partial charge in [0.05, 0.1) is 0 Å². The van der Waals surface area contributed by atoms with Gasteiger partial charge in [-0.05, 0) is 26.0 Å². The molecule has 25 heavy (non-hydrogen) atoms. The van der Waals surface area contributed by atoms with Gasteiger partial charge in [0.2, 0.25) is 5.43 Å². The van der Waals surface area contributed by atoms with Crippen molar-refractivity contribution in [2.75, 3.05) is 13.1 Å². The van der Waals surface area contributed by atoms with E-state index in [1.165, 1.54) is 12.4 Å². The predicted molar refractivity (Wildman–Crippen MR) is 90.9 cm³/mol. The van der Waals surface area contributed by atoms with Gasteiger partial charge < -0.3 is 14.6 Å². The molecule has 1 amide bonds. The minimum atomic E-state index is -1.33. The van der Waals surface area contributed by atoms with Crippen molar-refractivity contribution in [3.63, 3.8) is 0 Å². The largest absolute Gasteiger partial charge is 0.477 e. The van der Waals surface area contributed by atoms with Crippen LogP contribution in [0.25, 0.3) is 0 Å². The average Bonchev–Trinajstić information content (AvgIpc) is 2.54. The van der Waals surface area contributed by atoms with Gasteiger partial charge in [-0.2, -0.15) is 0 Å². The first-order valence-electron chi connectivity index (χ1n) is 8.07. The van der Waals surface area contributed by atoms with Gasteiger partial charge in [0.1, 0.15) is 11.1 Å². The lowest BCUT2D eigenvalue weighted by atomic mass is 9.94. The molecule has 3 rings (SSSR count). The summed E-state index contributed by atoms with van der Waals surface area (Å²) in [6, 6.07) is 5.56. The van der Waals surface area contributed by atoms with Gasteiger partial charge >= 0.3 is 5.97 Å². The Morgan fingerprint density at radius 1 is 1.20 bits per heavy atom. The van der Waals surface area contributed by atoms with Crippen molar-refractivity contribution in [1.29, 1.82) is 0 Å². The summed E-state index contributed by atoms with van der Waals surface area (Å²) in [5, 5.41) is 9.23. The summed E-state index contributed by atoms with van der Waals surface area (Å²) >= 11 is 0. The number of hydrogen-bond donors (Lipinski definition) is 1. The van der Waals surface area contributed by atoms with Gasteiger partial charge in [-0.25, -0.2) is 4.79 Å². The predicted octanol–water partition coefficient (Wildman–Crippen LogP) is 1.76. The molecule has 0 saturated carbocycles. The van der Waals surface area contributed by atoms with Crippen molar-refractivity contribution in [2.45, 2.75) is 25.8 Å². The smallest absolute Gasteiger partial charge is 0.341 e. The summed E-state index contributed by atoms with van der Waals surface area (Å²) < 4.78 is 1.58. The zero-order chi connectivity index (χ0) is 18.1. The first-order chi connectivity index (χ1) is 11.9. The molecule has 0 spiro atoms. The molecule has 0 atom stereocenters. The zero-order valence-corrected chi connectivity index (χ0v) is 14.0. The van der Waals surface area contributed by atoms with Crippen LogP contribution in [0.15, 0.2) is 41.6 Å². The van der Waals surface area contributed by atoms with Gasteiger partial charge in [0, 0.05) is 49.3 Å². The van der Waals surface area contributed by atoms with Crippen LogP contribution in [0.3, 0.4) is 0 Å². The first-order valence-corrected chi connectivity index (χ1v) is 8.07. The molecule has 1 aliphatic heterocycles. The maximum Gasteiger partial charge on any atom is 0.341 e. The zero-order valence-electron chi connectivity index (χ0n) is 14.0. The van der Waals surface area contributed by atoms with Gasteiger partial charge in [0.25, 0.3) is 5.91 Å². The fraction of sp³-hybridized carbons (Fsp3) is 0.333. The first kappa shape index (κ1) is 16.9. The van der Waals surface area contributed by atoms with Gasteiger partial charge in [-0.1, -0.05) is 6.07 Å². The Morgan fingerprint density at radius 2 is 1.88 bits per heavy atom. The highest BCUT2D eigenvalue weighted by atomic mass is 16.4. The molecule has 130 valence electrons. The molecule has 2 aromatic rings. The van der Waals surface area contributed by atoms with E-state index in [9.17, 15) is 19.5 Å². The van der Waals surface area contributed by atoms with Crippen molar-refractivity contribution >= 4 is 11.9 Å². The third-order valence-corrected chi connectivity index (χ3v) is 4.38. The standard InChI is InChI=1S/C18H19N3O4/c1-11(2)20-9-13(16(22)14(10-20)18(24)25)17(23)21-7-12(8-21)15-5-3-4-6-19-15/h3-6,9-12H,7-8H2,1-2H3,(H,24,25). The molecular formula is C18H19N3O4. The Balaban J connectivity index is 1.86. The van der Waals surface area contributed by atoms with E-state index in [-0.39, 0.29) is 23.1 Å². The minimum Gasteiger partial charge on any atom is -0.477 e. The monoisotopic (exact) mass is 341 g/mol. The highest BCUT2D eigenvalue weighted by Gasteiger charge is 2.34. The second kappa shape index (κ2) is 6.51. The van der Waals surface area contributed by atoms with Crippen LogP contribution in [-0.2, 0) is 0 Å². The summed E-state index contributed by atoms with van der Waals surface area (Å²) in [6.07, 6.45) is 4.42. The summed E-state index contributed by atoms with van der Waals surface area (Å²) in [5.74, 6) is -1.63. The van der Waals surface area contributed by atoms with Crippen LogP contribution in [-0.4, -0.2) is 44.5 Å². The number of aromatic nitrogens is 2. The number of carboxylic acids is 1. The van der Waals surface area contributed by atoms with Crippen LogP contribution in [0.4, 0.5) is 0 Å². The van der Waals surface area contributed by atoms with Crippen LogP contribution in [0.2, 0.25) is 0 Å². The van der Waals surface area contributed by atoms with E-state index >= 15 is 0 Å². The fourth-order valence-electron chi connectivity index (χ4n) is 2.82. The molecule has 0 unspecified atom stereocenters. The highest BCUT2D eigenvalue weighted by Crippen LogP contribution is 2.26. The summed E-state index contributed by atoms with van der Waals surface area (Å²) in [4.78, 5) is 42.2. The third-order valence-electron chi connectivity index (χ3n) is 4.38. The topological polar surface area (TPSA) is 92.5 Å². The summed E-state index contributed by atoms with van der Waals surface area (Å²) in [7, 11) is 0. The summed E-state index contributed by atoms with van der Waals surface area (Å²) in [6.45, 7) is 4.64. The lowest BCUT2D eigenvalue weighted by Gasteiger charge is -2.38. The van der Waals surface area contributed by atoms with Crippen molar-refractivity contribution < 1.29 is 14.7 Å². The van der Waals surface area contributed by atoms with E-state index in [2.05, 4.69) is 4.98 Å². The quantitative estimate of drug-likeness (QED) is 0.915. The summed E-state index contributed by atoms with van der Waals surface area (Å²) in [5.41, 5.74) is -0.324. The van der Waals surface area contributed by atoms with Crippen LogP contribution in [0.1, 0.15) is 52.2 Å². The number of nitrogens with zero attached hydrogens (tertiary/aromatic N) is 3. The van der Waals surface area contributed by atoms with E-state index in [0.29, 0.717) is 13.1 Å². The van der Waals surface area contributed by atoms with Crippen molar-refractivity contribution in [3.05, 3.63) is 63.8 Å². The molecule has 1 saturated heterocycles. The average molecular weight is 341 g/mol. The lowest BCUT2D eigenvalue weighted by molar-refractivity contribution is 0.0596. The molecule has 7 nitrogen and oxygen atoms in total. The molecule has 0 aliphatic carbocycles. The molecule has 7 heteroatoms. The number of carboxylic acid groups (broad SMARTS) is 1.